The van der Waals surface area contributed by atoms with Crippen LogP contribution < -0.4 is 14.8 Å². The van der Waals surface area contributed by atoms with E-state index in [0.29, 0.717) is 42.7 Å². The van der Waals surface area contributed by atoms with Crippen molar-refractivity contribution in [3.8, 4) is 11.5 Å². The number of nitrogens with zero attached hydrogens (tertiary/aromatic N) is 2. The van der Waals surface area contributed by atoms with Crippen LogP contribution in [-0.2, 0) is 17.8 Å². The van der Waals surface area contributed by atoms with Crippen LogP contribution in [0.4, 0.5) is 0 Å². The van der Waals surface area contributed by atoms with E-state index in [9.17, 15) is 4.79 Å². The Bertz CT molecular complexity index is 1140. The third-order valence-electron chi connectivity index (χ3n) is 5.82. The van der Waals surface area contributed by atoms with Gasteiger partial charge in [-0.05, 0) is 43.3 Å². The van der Waals surface area contributed by atoms with E-state index in [4.69, 9.17) is 21.7 Å². The standard InChI is InChI=1S/C24H28N4O3S/c1-16-19(18-9-4-5-10-20(18)26-16)14-22(29)27-12-7-13-28(27)24(32)25-15-17-8-6-11-21(30-2)23(17)31-3/h4-6,8-11,26H,7,12-15H2,1-3H3,(H,25,32). The molecule has 1 fully saturated rings. The number of hydrogen-bond acceptors (Lipinski definition) is 4. The number of nitrogens with one attached hydrogen (secondary N) is 2. The molecule has 4 rings (SSSR count). The van der Waals surface area contributed by atoms with Crippen molar-refractivity contribution in [2.45, 2.75) is 26.3 Å². The van der Waals surface area contributed by atoms with Gasteiger partial charge in [0.25, 0.3) is 0 Å². The number of hydrazine groups is 1. The molecule has 0 spiro atoms. The quantitative estimate of drug-likeness (QED) is 0.558. The Hall–Kier alpha value is -3.26. The second-order valence-electron chi connectivity index (χ2n) is 7.76. The zero-order valence-corrected chi connectivity index (χ0v) is 19.4. The van der Waals surface area contributed by atoms with Crippen molar-refractivity contribution in [2.24, 2.45) is 0 Å². The molecule has 8 heteroatoms. The first kappa shape index (κ1) is 22.0. The van der Waals surface area contributed by atoms with Gasteiger partial charge in [-0.15, -0.1) is 0 Å². The smallest absolute Gasteiger partial charge is 0.245 e. The normalized spacial score (nSPS) is 13.5. The Morgan fingerprint density at radius 2 is 1.88 bits per heavy atom. The number of aromatic nitrogens is 1. The molecule has 0 atom stereocenters. The molecule has 1 aliphatic heterocycles. The lowest BCUT2D eigenvalue weighted by atomic mass is 10.1. The minimum absolute atomic E-state index is 0.0402. The molecule has 1 aliphatic rings. The summed E-state index contributed by atoms with van der Waals surface area (Å²) < 4.78 is 10.9. The summed E-state index contributed by atoms with van der Waals surface area (Å²) in [7, 11) is 3.23. The molecule has 0 bridgehead atoms. The first-order chi connectivity index (χ1) is 15.5. The van der Waals surface area contributed by atoms with Crippen LogP contribution in [0, 0.1) is 6.92 Å². The second kappa shape index (κ2) is 9.48. The minimum Gasteiger partial charge on any atom is -0.493 e. The monoisotopic (exact) mass is 452 g/mol. The van der Waals surface area contributed by atoms with Gasteiger partial charge in [0.15, 0.2) is 16.6 Å². The van der Waals surface area contributed by atoms with E-state index in [-0.39, 0.29) is 5.91 Å². The number of thiocarbonyl (C=S) groups is 1. The number of methoxy groups -OCH3 is 2. The number of carbonyl (C=O) groups is 1. The lowest BCUT2D eigenvalue weighted by Crippen LogP contribution is -2.49. The number of aryl methyl sites for hydroxylation is 1. The number of amides is 1. The molecule has 1 aromatic heterocycles. The summed E-state index contributed by atoms with van der Waals surface area (Å²) in [6.45, 7) is 3.85. The van der Waals surface area contributed by atoms with E-state index in [1.165, 1.54) is 0 Å². The maximum atomic E-state index is 13.2. The van der Waals surface area contributed by atoms with Gasteiger partial charge in [-0.2, -0.15) is 0 Å². The summed E-state index contributed by atoms with van der Waals surface area (Å²) in [5.41, 5.74) is 4.05. The van der Waals surface area contributed by atoms with E-state index in [1.807, 2.05) is 48.3 Å². The summed E-state index contributed by atoms with van der Waals surface area (Å²) >= 11 is 5.64. The van der Waals surface area contributed by atoms with Gasteiger partial charge in [0.2, 0.25) is 5.91 Å². The zero-order chi connectivity index (χ0) is 22.7. The maximum Gasteiger partial charge on any atom is 0.245 e. The number of hydrogen-bond donors (Lipinski definition) is 2. The highest BCUT2D eigenvalue weighted by Crippen LogP contribution is 2.30. The van der Waals surface area contributed by atoms with Crippen LogP contribution in [0.3, 0.4) is 0 Å². The highest BCUT2D eigenvalue weighted by molar-refractivity contribution is 7.80. The highest BCUT2D eigenvalue weighted by Gasteiger charge is 2.29. The summed E-state index contributed by atoms with van der Waals surface area (Å²) in [4.78, 5) is 16.6. The van der Waals surface area contributed by atoms with Crippen molar-refractivity contribution < 1.29 is 14.3 Å². The molecule has 0 radical (unpaired) electrons. The Balaban J connectivity index is 1.44. The Labute approximate surface area is 193 Å². The summed E-state index contributed by atoms with van der Waals surface area (Å²) in [6, 6.07) is 13.8. The van der Waals surface area contributed by atoms with E-state index in [2.05, 4.69) is 16.4 Å². The van der Waals surface area contributed by atoms with Crippen LogP contribution in [0.25, 0.3) is 10.9 Å². The highest BCUT2D eigenvalue weighted by atomic mass is 32.1. The molecule has 0 saturated carbocycles. The number of aromatic amines is 1. The summed E-state index contributed by atoms with van der Waals surface area (Å²) in [5.74, 6) is 1.39. The molecular weight excluding hydrogens is 424 g/mol. The fraction of sp³-hybridized carbons (Fsp3) is 0.333. The first-order valence-electron chi connectivity index (χ1n) is 10.6. The number of H-pyrrole nitrogens is 1. The molecule has 1 saturated heterocycles. The van der Waals surface area contributed by atoms with E-state index >= 15 is 0 Å². The Morgan fingerprint density at radius 3 is 2.66 bits per heavy atom. The number of rotatable bonds is 6. The maximum absolute atomic E-state index is 13.2. The number of fused-ring (bicyclic) bond motifs is 1. The lowest BCUT2D eigenvalue weighted by Gasteiger charge is -2.30. The minimum atomic E-state index is 0.0402. The number of benzene rings is 2. The van der Waals surface area contributed by atoms with Crippen LogP contribution in [0.5, 0.6) is 11.5 Å². The van der Waals surface area contributed by atoms with Crippen LogP contribution in [0.2, 0.25) is 0 Å². The predicted molar refractivity (Wildman–Crippen MR) is 129 cm³/mol. The molecule has 168 valence electrons. The SMILES string of the molecule is COc1cccc(CNC(=S)N2CCCN2C(=O)Cc2c(C)[nH]c3ccccc23)c1OC. The number of carbonyl (C=O) groups excluding carboxylic acids is 1. The van der Waals surface area contributed by atoms with Gasteiger partial charge in [0, 0.05) is 41.8 Å². The predicted octanol–water partition coefficient (Wildman–Crippen LogP) is 3.56. The third kappa shape index (κ3) is 4.23. The van der Waals surface area contributed by atoms with Crippen molar-refractivity contribution in [3.63, 3.8) is 0 Å². The average molecular weight is 453 g/mol. The molecule has 3 aromatic rings. The fourth-order valence-corrected chi connectivity index (χ4v) is 4.50. The average Bonchev–Trinajstić information content (AvgIpc) is 3.42. The van der Waals surface area contributed by atoms with Crippen molar-refractivity contribution in [1.82, 2.24) is 20.3 Å². The fourth-order valence-electron chi connectivity index (χ4n) is 4.24. The summed E-state index contributed by atoms with van der Waals surface area (Å²) in [5, 5.41) is 8.52. The number of ether oxygens (including phenoxy) is 2. The molecule has 32 heavy (non-hydrogen) atoms. The van der Waals surface area contributed by atoms with Crippen molar-refractivity contribution in [2.75, 3.05) is 27.3 Å². The van der Waals surface area contributed by atoms with Crippen molar-refractivity contribution in [1.29, 1.82) is 0 Å². The van der Waals surface area contributed by atoms with Gasteiger partial charge in [0.1, 0.15) is 0 Å². The Kier molecular flexibility index (Phi) is 6.50. The van der Waals surface area contributed by atoms with Crippen molar-refractivity contribution in [3.05, 3.63) is 59.3 Å². The van der Waals surface area contributed by atoms with Gasteiger partial charge >= 0.3 is 0 Å². The van der Waals surface area contributed by atoms with E-state index < -0.39 is 0 Å². The molecular formula is C24H28N4O3S. The van der Waals surface area contributed by atoms with Crippen LogP contribution in [0.1, 0.15) is 23.2 Å². The molecule has 2 aromatic carbocycles. The van der Waals surface area contributed by atoms with Crippen LogP contribution in [-0.4, -0.2) is 53.3 Å². The zero-order valence-electron chi connectivity index (χ0n) is 18.6. The first-order valence-corrected chi connectivity index (χ1v) is 11.1. The molecule has 7 nitrogen and oxygen atoms in total. The molecule has 2 N–H and O–H groups in total. The largest absolute Gasteiger partial charge is 0.493 e. The van der Waals surface area contributed by atoms with Crippen LogP contribution >= 0.6 is 12.2 Å². The second-order valence-corrected chi connectivity index (χ2v) is 8.14. The van der Waals surface area contributed by atoms with Crippen molar-refractivity contribution >= 4 is 34.1 Å². The van der Waals surface area contributed by atoms with Gasteiger partial charge < -0.3 is 19.8 Å². The lowest BCUT2D eigenvalue weighted by molar-refractivity contribution is -0.138. The van der Waals surface area contributed by atoms with Crippen LogP contribution in [0.15, 0.2) is 42.5 Å². The van der Waals surface area contributed by atoms with Gasteiger partial charge in [-0.3, -0.25) is 14.8 Å². The molecule has 1 amide bonds. The van der Waals surface area contributed by atoms with Gasteiger partial charge in [0.05, 0.1) is 20.6 Å². The van der Waals surface area contributed by atoms with Gasteiger partial charge in [-0.25, -0.2) is 0 Å². The molecule has 2 heterocycles. The van der Waals surface area contributed by atoms with Gasteiger partial charge in [-0.1, -0.05) is 30.3 Å². The molecule has 0 unspecified atom stereocenters. The third-order valence-corrected chi connectivity index (χ3v) is 6.18. The topological polar surface area (TPSA) is 69.8 Å². The van der Waals surface area contributed by atoms with E-state index in [0.717, 1.165) is 34.1 Å². The summed E-state index contributed by atoms with van der Waals surface area (Å²) in [6.07, 6.45) is 1.21. The number of para-hydroxylation sites is 2. The van der Waals surface area contributed by atoms with E-state index in [1.54, 1.807) is 19.2 Å². The molecule has 0 aliphatic carbocycles. The Morgan fingerprint density at radius 1 is 1.09 bits per heavy atom.